The molecule has 0 saturated carbocycles. The van der Waals surface area contributed by atoms with Crippen molar-refractivity contribution in [1.29, 1.82) is 0 Å². The van der Waals surface area contributed by atoms with Crippen molar-refractivity contribution in [2.75, 3.05) is 6.61 Å². The number of hydrogen-bond donors (Lipinski definition) is 3. The molecule has 0 aromatic heterocycles. The summed E-state index contributed by atoms with van der Waals surface area (Å²) in [4.78, 5) is 0. The van der Waals surface area contributed by atoms with Crippen LogP contribution in [-0.4, -0.2) is 34.1 Å². The summed E-state index contributed by atoms with van der Waals surface area (Å²) in [5.74, 6) is 0.603. The van der Waals surface area contributed by atoms with Crippen LogP contribution in [-0.2, 0) is 0 Å². The third-order valence-electron chi connectivity index (χ3n) is 5.59. The lowest BCUT2D eigenvalue weighted by atomic mass is 9.78. The first-order valence-corrected chi connectivity index (χ1v) is 11.2. The maximum absolute atomic E-state index is 10.5. The fraction of sp³-hybridized carbons (Fsp3) is 0.750. The first-order chi connectivity index (χ1) is 13.2. The largest absolute Gasteiger partial charge is 0.396 e. The lowest BCUT2D eigenvalue weighted by Gasteiger charge is -2.30. The van der Waals surface area contributed by atoms with Crippen LogP contribution in [0.4, 0.5) is 0 Å². The average molecular weight is 379 g/mol. The van der Waals surface area contributed by atoms with Crippen LogP contribution in [0.25, 0.3) is 0 Å². The SMILES string of the molecule is CCCCCCCCC(O)/C=C/C=C/[C@H]1CC=CC[C@@H]1C(O)CCCCO. The Bertz CT molecular complexity index is 427. The van der Waals surface area contributed by atoms with Crippen molar-refractivity contribution >= 4 is 0 Å². The second kappa shape index (κ2) is 16.1. The van der Waals surface area contributed by atoms with E-state index >= 15 is 0 Å². The Labute approximate surface area is 166 Å². The fourth-order valence-electron chi connectivity index (χ4n) is 3.83. The van der Waals surface area contributed by atoms with Crippen LogP contribution in [0.1, 0.15) is 84.0 Å². The highest BCUT2D eigenvalue weighted by molar-refractivity contribution is 5.10. The molecule has 0 aliphatic heterocycles. The third kappa shape index (κ3) is 11.5. The Kier molecular flexibility index (Phi) is 14.4. The summed E-state index contributed by atoms with van der Waals surface area (Å²) in [7, 11) is 0. The van der Waals surface area contributed by atoms with E-state index in [1.165, 1.54) is 32.1 Å². The van der Waals surface area contributed by atoms with Crippen molar-refractivity contribution < 1.29 is 15.3 Å². The molecule has 0 radical (unpaired) electrons. The summed E-state index contributed by atoms with van der Waals surface area (Å²) >= 11 is 0. The molecule has 27 heavy (non-hydrogen) atoms. The number of unbranched alkanes of at least 4 members (excludes halogenated alkanes) is 6. The van der Waals surface area contributed by atoms with Gasteiger partial charge in [0.05, 0.1) is 12.2 Å². The molecule has 3 nitrogen and oxygen atoms in total. The Hall–Kier alpha value is -0.900. The van der Waals surface area contributed by atoms with Crippen molar-refractivity contribution in [2.24, 2.45) is 11.8 Å². The molecule has 1 aliphatic rings. The van der Waals surface area contributed by atoms with Crippen LogP contribution >= 0.6 is 0 Å². The van der Waals surface area contributed by atoms with Crippen molar-refractivity contribution in [3.8, 4) is 0 Å². The predicted molar refractivity (Wildman–Crippen MR) is 115 cm³/mol. The van der Waals surface area contributed by atoms with Gasteiger partial charge in [-0.15, -0.1) is 0 Å². The predicted octanol–water partition coefficient (Wildman–Crippen LogP) is 5.32. The molecule has 2 unspecified atom stereocenters. The second-order valence-electron chi connectivity index (χ2n) is 7.95. The number of rotatable bonds is 15. The highest BCUT2D eigenvalue weighted by atomic mass is 16.3. The molecule has 0 spiro atoms. The zero-order valence-electron chi connectivity index (χ0n) is 17.3. The summed E-state index contributed by atoms with van der Waals surface area (Å²) in [5.41, 5.74) is 0. The molecule has 1 aliphatic carbocycles. The molecule has 0 aromatic rings. The zero-order chi connectivity index (χ0) is 19.7. The Morgan fingerprint density at radius 2 is 1.59 bits per heavy atom. The van der Waals surface area contributed by atoms with Gasteiger partial charge in [0.25, 0.3) is 0 Å². The second-order valence-corrected chi connectivity index (χ2v) is 7.95. The molecule has 0 fully saturated rings. The number of hydrogen-bond acceptors (Lipinski definition) is 3. The molecule has 0 heterocycles. The molecule has 0 saturated heterocycles. The van der Waals surface area contributed by atoms with Crippen molar-refractivity contribution in [2.45, 2.75) is 96.2 Å². The lowest BCUT2D eigenvalue weighted by molar-refractivity contribution is 0.0717. The molecule has 1 rings (SSSR count). The van der Waals surface area contributed by atoms with Gasteiger partial charge in [0, 0.05) is 6.61 Å². The summed E-state index contributed by atoms with van der Waals surface area (Å²) in [6.45, 7) is 2.43. The minimum absolute atomic E-state index is 0.201. The minimum atomic E-state index is -0.355. The van der Waals surface area contributed by atoms with Gasteiger partial charge in [-0.05, 0) is 50.4 Å². The third-order valence-corrected chi connectivity index (χ3v) is 5.59. The van der Waals surface area contributed by atoms with Crippen LogP contribution < -0.4 is 0 Å². The van der Waals surface area contributed by atoms with Crippen molar-refractivity contribution in [3.63, 3.8) is 0 Å². The quantitative estimate of drug-likeness (QED) is 0.205. The Morgan fingerprint density at radius 3 is 2.37 bits per heavy atom. The van der Waals surface area contributed by atoms with Crippen LogP contribution in [0.2, 0.25) is 0 Å². The number of aliphatic hydroxyl groups is 3. The van der Waals surface area contributed by atoms with Gasteiger partial charge < -0.3 is 15.3 Å². The van der Waals surface area contributed by atoms with E-state index in [1.54, 1.807) is 0 Å². The minimum Gasteiger partial charge on any atom is -0.396 e. The molecular formula is C24H42O3. The van der Waals surface area contributed by atoms with Crippen LogP contribution in [0.15, 0.2) is 36.5 Å². The van der Waals surface area contributed by atoms with E-state index in [2.05, 4.69) is 25.2 Å². The topological polar surface area (TPSA) is 60.7 Å². The molecule has 4 atom stereocenters. The van der Waals surface area contributed by atoms with Crippen LogP contribution in [0.3, 0.4) is 0 Å². The lowest BCUT2D eigenvalue weighted by Crippen LogP contribution is -2.28. The Balaban J connectivity index is 2.31. The fourth-order valence-corrected chi connectivity index (χ4v) is 3.83. The van der Waals surface area contributed by atoms with E-state index in [0.29, 0.717) is 5.92 Å². The summed E-state index contributed by atoms with van der Waals surface area (Å²) in [5, 5.41) is 29.4. The van der Waals surface area contributed by atoms with Gasteiger partial charge in [-0.2, -0.15) is 0 Å². The monoisotopic (exact) mass is 378 g/mol. The summed E-state index contributed by atoms with van der Waals surface area (Å²) in [6, 6.07) is 0. The van der Waals surface area contributed by atoms with E-state index in [9.17, 15) is 10.2 Å². The maximum Gasteiger partial charge on any atom is 0.0723 e. The van der Waals surface area contributed by atoms with Gasteiger partial charge in [0.2, 0.25) is 0 Å². The van der Waals surface area contributed by atoms with Gasteiger partial charge in [-0.3, -0.25) is 0 Å². The molecule has 0 amide bonds. The van der Waals surface area contributed by atoms with Gasteiger partial charge in [-0.1, -0.05) is 81.9 Å². The highest BCUT2D eigenvalue weighted by Gasteiger charge is 2.26. The van der Waals surface area contributed by atoms with Crippen molar-refractivity contribution in [1.82, 2.24) is 0 Å². The number of aliphatic hydroxyl groups excluding tert-OH is 3. The summed E-state index contributed by atoms with van der Waals surface area (Å²) < 4.78 is 0. The molecular weight excluding hydrogens is 336 g/mol. The standard InChI is InChI=1S/C24H42O3/c1-2-3-4-5-6-7-16-22(26)17-10-8-14-21-15-9-11-18-23(21)24(27)19-12-13-20-25/h8-11,14,17,21-27H,2-7,12-13,15-16,18-20H2,1H3/b14-8+,17-10+/t21-,22?,23-,24?/m0/s1. The first kappa shape index (κ1) is 24.1. The number of allylic oxidation sites excluding steroid dienone is 5. The maximum atomic E-state index is 10.5. The van der Waals surface area contributed by atoms with Gasteiger partial charge >= 0.3 is 0 Å². The zero-order valence-corrected chi connectivity index (χ0v) is 17.3. The highest BCUT2D eigenvalue weighted by Crippen LogP contribution is 2.31. The van der Waals surface area contributed by atoms with E-state index < -0.39 is 0 Å². The smallest absolute Gasteiger partial charge is 0.0723 e. The molecule has 3 heteroatoms. The molecule has 156 valence electrons. The molecule has 0 aromatic carbocycles. The van der Waals surface area contributed by atoms with Gasteiger partial charge in [-0.25, -0.2) is 0 Å². The van der Waals surface area contributed by atoms with E-state index in [4.69, 9.17) is 5.11 Å². The molecule has 0 bridgehead atoms. The van der Waals surface area contributed by atoms with E-state index in [-0.39, 0.29) is 24.7 Å². The van der Waals surface area contributed by atoms with Gasteiger partial charge in [0.15, 0.2) is 0 Å². The Morgan fingerprint density at radius 1 is 0.889 bits per heavy atom. The summed E-state index contributed by atoms with van der Waals surface area (Å²) in [6.07, 6.45) is 24.4. The van der Waals surface area contributed by atoms with E-state index in [0.717, 1.165) is 44.9 Å². The average Bonchev–Trinajstić information content (AvgIpc) is 2.68. The normalized spacial score (nSPS) is 22.7. The van der Waals surface area contributed by atoms with Crippen molar-refractivity contribution in [3.05, 3.63) is 36.5 Å². The molecule has 3 N–H and O–H groups in total. The van der Waals surface area contributed by atoms with Crippen LogP contribution in [0, 0.1) is 11.8 Å². The van der Waals surface area contributed by atoms with E-state index in [1.807, 2.05) is 18.2 Å². The van der Waals surface area contributed by atoms with Crippen LogP contribution in [0.5, 0.6) is 0 Å². The van der Waals surface area contributed by atoms with Gasteiger partial charge in [0.1, 0.15) is 0 Å². The first-order valence-electron chi connectivity index (χ1n) is 11.2.